The van der Waals surface area contributed by atoms with Crippen molar-refractivity contribution in [2.45, 2.75) is 65.4 Å². The van der Waals surface area contributed by atoms with Crippen LogP contribution in [-0.2, 0) is 23.9 Å². The average Bonchev–Trinajstić information content (AvgIpc) is 2.47. The topological polar surface area (TPSA) is 89.9 Å². The number of esters is 2. The highest BCUT2D eigenvalue weighted by atomic mass is 16.6. The predicted octanol–water partition coefficient (Wildman–Crippen LogP) is 2.02. The van der Waals surface area contributed by atoms with E-state index in [1.54, 1.807) is 0 Å². The minimum Gasteiger partial charge on any atom is -0.465 e. The summed E-state index contributed by atoms with van der Waals surface area (Å²) in [6.07, 6.45) is 3.31. The number of aliphatic hydroxyl groups is 1. The van der Waals surface area contributed by atoms with E-state index in [2.05, 4.69) is 0 Å². The second-order valence-electron chi connectivity index (χ2n) is 5.28. The summed E-state index contributed by atoms with van der Waals surface area (Å²) >= 11 is 0. The number of aliphatic hydroxyl groups excluding tert-OH is 1. The van der Waals surface area contributed by atoms with E-state index in [0.717, 1.165) is 32.6 Å². The minimum atomic E-state index is -1.81. The van der Waals surface area contributed by atoms with Crippen LogP contribution in [0, 0.1) is 5.92 Å². The Morgan fingerprint density at radius 3 is 1.73 bits per heavy atom. The van der Waals surface area contributed by atoms with E-state index in [-0.39, 0.29) is 13.2 Å². The molecule has 0 aliphatic rings. The second kappa shape index (κ2) is 12.1. The van der Waals surface area contributed by atoms with Gasteiger partial charge in [0.2, 0.25) is 0 Å². The lowest BCUT2D eigenvalue weighted by molar-refractivity contribution is -0.169. The maximum absolute atomic E-state index is 11.9. The molecule has 0 aromatic rings. The van der Waals surface area contributed by atoms with Gasteiger partial charge in [-0.25, -0.2) is 4.79 Å². The molecule has 0 heterocycles. The third kappa shape index (κ3) is 8.12. The van der Waals surface area contributed by atoms with Crippen LogP contribution in [0.4, 0.5) is 0 Å². The Bertz CT molecular complexity index is 353. The first kappa shape index (κ1) is 20.6. The average molecular weight is 316 g/mol. The number of rotatable bonds is 12. The van der Waals surface area contributed by atoms with Gasteiger partial charge in [-0.1, -0.05) is 39.5 Å². The van der Waals surface area contributed by atoms with Crippen LogP contribution in [0.1, 0.15) is 59.3 Å². The van der Waals surface area contributed by atoms with Crippen LogP contribution in [0.2, 0.25) is 0 Å². The first-order chi connectivity index (χ1) is 10.5. The molecule has 0 saturated heterocycles. The van der Waals surface area contributed by atoms with Crippen LogP contribution in [0.25, 0.3) is 0 Å². The first-order valence-corrected chi connectivity index (χ1v) is 7.97. The highest BCUT2D eigenvalue weighted by molar-refractivity contribution is 6.02. The van der Waals surface area contributed by atoms with Crippen molar-refractivity contribution in [3.63, 3.8) is 0 Å². The molecule has 128 valence electrons. The molecule has 0 radical (unpaired) electrons. The van der Waals surface area contributed by atoms with Crippen LogP contribution in [-0.4, -0.2) is 42.1 Å². The van der Waals surface area contributed by atoms with E-state index >= 15 is 0 Å². The van der Waals surface area contributed by atoms with E-state index < -0.39 is 29.7 Å². The molecular formula is C16H28O6. The van der Waals surface area contributed by atoms with Gasteiger partial charge in [-0.15, -0.1) is 0 Å². The Labute approximate surface area is 132 Å². The van der Waals surface area contributed by atoms with Gasteiger partial charge in [0.15, 0.2) is 12.0 Å². The molecule has 0 rings (SSSR count). The molecule has 2 unspecified atom stereocenters. The molecule has 0 aromatic heterocycles. The van der Waals surface area contributed by atoms with Crippen molar-refractivity contribution in [2.24, 2.45) is 5.92 Å². The number of hydrogen-bond donors (Lipinski definition) is 1. The summed E-state index contributed by atoms with van der Waals surface area (Å²) in [6, 6.07) is 0. The number of carbonyl (C=O) groups is 3. The van der Waals surface area contributed by atoms with Crippen molar-refractivity contribution in [1.29, 1.82) is 0 Å². The van der Waals surface area contributed by atoms with Crippen molar-refractivity contribution in [3.05, 3.63) is 0 Å². The molecule has 0 aromatic carbocycles. The van der Waals surface area contributed by atoms with Gasteiger partial charge in [0, 0.05) is 0 Å². The van der Waals surface area contributed by atoms with Gasteiger partial charge >= 0.3 is 11.9 Å². The zero-order chi connectivity index (χ0) is 17.0. The van der Waals surface area contributed by atoms with Crippen molar-refractivity contribution >= 4 is 17.7 Å². The zero-order valence-corrected chi connectivity index (χ0v) is 13.8. The molecule has 22 heavy (non-hydrogen) atoms. The standard InChI is InChI=1S/C16H28O6/c1-4-6-8-10-21-15(19)13(12(3)17)14(18)16(20)22-11-9-7-5-2/h13-14,18H,4-11H2,1-3H3. The molecular weight excluding hydrogens is 288 g/mol. The zero-order valence-electron chi connectivity index (χ0n) is 13.8. The fourth-order valence-corrected chi connectivity index (χ4v) is 1.88. The summed E-state index contributed by atoms with van der Waals surface area (Å²) < 4.78 is 9.84. The predicted molar refractivity (Wildman–Crippen MR) is 81.1 cm³/mol. The summed E-state index contributed by atoms with van der Waals surface area (Å²) in [4.78, 5) is 35.1. The molecule has 0 spiro atoms. The molecule has 6 heteroatoms. The van der Waals surface area contributed by atoms with E-state index in [1.807, 2.05) is 13.8 Å². The number of carbonyl (C=O) groups excluding carboxylic acids is 3. The van der Waals surface area contributed by atoms with Gasteiger partial charge in [0.1, 0.15) is 5.78 Å². The van der Waals surface area contributed by atoms with Gasteiger partial charge in [0.25, 0.3) is 0 Å². The molecule has 0 saturated carbocycles. The molecule has 1 N–H and O–H groups in total. The number of unbranched alkanes of at least 4 members (excludes halogenated alkanes) is 4. The van der Waals surface area contributed by atoms with Crippen LogP contribution >= 0.6 is 0 Å². The van der Waals surface area contributed by atoms with Crippen LogP contribution in [0.5, 0.6) is 0 Å². The van der Waals surface area contributed by atoms with Crippen LogP contribution in [0.15, 0.2) is 0 Å². The summed E-state index contributed by atoms with van der Waals surface area (Å²) in [5.41, 5.74) is 0. The van der Waals surface area contributed by atoms with Crippen molar-refractivity contribution < 1.29 is 29.0 Å². The summed E-state index contributed by atoms with van der Waals surface area (Å²) in [6.45, 7) is 5.51. The van der Waals surface area contributed by atoms with E-state index in [9.17, 15) is 19.5 Å². The summed E-state index contributed by atoms with van der Waals surface area (Å²) in [5.74, 6) is -3.96. The summed E-state index contributed by atoms with van der Waals surface area (Å²) in [5, 5.41) is 9.88. The normalized spacial score (nSPS) is 13.3. The first-order valence-electron chi connectivity index (χ1n) is 7.97. The maximum atomic E-state index is 11.9. The number of ether oxygens (including phenoxy) is 2. The fraction of sp³-hybridized carbons (Fsp3) is 0.812. The highest BCUT2D eigenvalue weighted by Gasteiger charge is 2.38. The SMILES string of the molecule is CCCCCOC(=O)C(O)C(C(C)=O)C(=O)OCCCCC. The minimum absolute atomic E-state index is 0.167. The lowest BCUT2D eigenvalue weighted by Gasteiger charge is -2.18. The molecule has 0 amide bonds. The molecule has 6 nitrogen and oxygen atoms in total. The highest BCUT2D eigenvalue weighted by Crippen LogP contribution is 2.11. The van der Waals surface area contributed by atoms with Gasteiger partial charge < -0.3 is 14.6 Å². The van der Waals surface area contributed by atoms with E-state index in [1.165, 1.54) is 0 Å². The Kier molecular flexibility index (Phi) is 11.4. The van der Waals surface area contributed by atoms with Crippen molar-refractivity contribution in [1.82, 2.24) is 0 Å². The molecule has 0 bridgehead atoms. The number of ketones is 1. The van der Waals surface area contributed by atoms with Crippen LogP contribution in [0.3, 0.4) is 0 Å². The van der Waals surface area contributed by atoms with E-state index in [4.69, 9.17) is 9.47 Å². The Hall–Kier alpha value is -1.43. The molecule has 2 atom stereocenters. The van der Waals surface area contributed by atoms with E-state index in [0.29, 0.717) is 12.8 Å². The summed E-state index contributed by atoms with van der Waals surface area (Å²) in [7, 11) is 0. The van der Waals surface area contributed by atoms with Crippen molar-refractivity contribution in [3.8, 4) is 0 Å². The monoisotopic (exact) mass is 316 g/mol. The maximum Gasteiger partial charge on any atom is 0.336 e. The largest absolute Gasteiger partial charge is 0.465 e. The Morgan fingerprint density at radius 2 is 1.32 bits per heavy atom. The van der Waals surface area contributed by atoms with Crippen LogP contribution < -0.4 is 0 Å². The number of Topliss-reactive ketones (excluding diaryl/α,β-unsaturated/α-hetero) is 1. The lowest BCUT2D eigenvalue weighted by atomic mass is 9.98. The third-order valence-electron chi connectivity index (χ3n) is 3.23. The second-order valence-corrected chi connectivity index (χ2v) is 5.28. The van der Waals surface area contributed by atoms with Gasteiger partial charge in [0.05, 0.1) is 13.2 Å². The molecule has 0 aliphatic heterocycles. The third-order valence-corrected chi connectivity index (χ3v) is 3.23. The Balaban J connectivity index is 4.42. The van der Waals surface area contributed by atoms with Gasteiger partial charge in [-0.2, -0.15) is 0 Å². The smallest absolute Gasteiger partial charge is 0.336 e. The lowest BCUT2D eigenvalue weighted by Crippen LogP contribution is -2.41. The quantitative estimate of drug-likeness (QED) is 0.336. The molecule has 0 aliphatic carbocycles. The number of hydrogen-bond acceptors (Lipinski definition) is 6. The van der Waals surface area contributed by atoms with Gasteiger partial charge in [-0.3, -0.25) is 9.59 Å². The van der Waals surface area contributed by atoms with Gasteiger partial charge in [-0.05, 0) is 19.8 Å². The Morgan fingerprint density at radius 1 is 0.864 bits per heavy atom. The fourth-order valence-electron chi connectivity index (χ4n) is 1.88. The van der Waals surface area contributed by atoms with Crippen molar-refractivity contribution in [2.75, 3.05) is 13.2 Å². The molecule has 0 fully saturated rings.